The molecule has 3 aliphatic heterocycles. The van der Waals surface area contributed by atoms with Crippen LogP contribution < -0.4 is 21.6 Å². The number of nitrogens with zero attached hydrogens (tertiary/aromatic N) is 7. The molecule has 3 fully saturated rings. The number of carbonyl (C=O) groups is 3. The summed E-state index contributed by atoms with van der Waals surface area (Å²) in [5, 5.41) is 1.68. The van der Waals surface area contributed by atoms with Gasteiger partial charge in [-0.2, -0.15) is 4.98 Å². The Balaban J connectivity index is 1.17. The number of piperazine rings is 1. The molecule has 0 unspecified atom stereocenters. The third-order valence-electron chi connectivity index (χ3n) is 8.91. The number of hydrazine groups is 1. The number of piperidine rings is 2. The number of nitrogens with one attached hydrogen (secondary N) is 1. The van der Waals surface area contributed by atoms with Gasteiger partial charge in [-0.1, -0.05) is 12.1 Å². The van der Waals surface area contributed by atoms with Crippen LogP contribution in [0.1, 0.15) is 48.5 Å². The topological polar surface area (TPSA) is 131 Å². The molecule has 0 bridgehead atoms. The number of likely N-dealkylation sites (tertiary alicyclic amines) is 2. The lowest BCUT2D eigenvalue weighted by Gasteiger charge is -2.39. The minimum absolute atomic E-state index is 0.0310. The molecule has 13 heteroatoms. The molecule has 1 aromatic heterocycles. The first-order valence-corrected chi connectivity index (χ1v) is 15.2. The smallest absolute Gasteiger partial charge is 0.269 e. The van der Waals surface area contributed by atoms with Crippen molar-refractivity contribution in [2.45, 2.75) is 45.2 Å². The Labute approximate surface area is 255 Å². The molecule has 3 amide bonds. The fourth-order valence-corrected chi connectivity index (χ4v) is 6.16. The van der Waals surface area contributed by atoms with Crippen molar-refractivity contribution >= 4 is 42.8 Å². The predicted molar refractivity (Wildman–Crippen MR) is 166 cm³/mol. The predicted octanol–water partition coefficient (Wildman–Crippen LogP) is 0.000900. The minimum atomic E-state index is -0.291. The van der Waals surface area contributed by atoms with Crippen LogP contribution in [0, 0.1) is 5.92 Å². The number of hydrogen-bond donors (Lipinski definition) is 2. The Morgan fingerprint density at radius 1 is 0.953 bits per heavy atom. The summed E-state index contributed by atoms with van der Waals surface area (Å²) in [5.41, 5.74) is 10.8. The highest BCUT2D eigenvalue weighted by Crippen LogP contribution is 2.23. The molecular formula is C30H42BN9O3. The quantitative estimate of drug-likeness (QED) is 0.340. The van der Waals surface area contributed by atoms with E-state index >= 15 is 0 Å². The van der Waals surface area contributed by atoms with Crippen molar-refractivity contribution in [1.82, 2.24) is 35.0 Å². The minimum Gasteiger partial charge on any atom is -0.368 e. The fourth-order valence-electron chi connectivity index (χ4n) is 6.16. The standard InChI is InChI=1S/C30H42BN9O3/c1-21(41)38-13-9-25(10-14-38)40(27-26(31)19-33-30(32)34-27)35-28(42)23-5-3-22(4-6-23)20-37-11-7-24(8-12-37)29(43)39-17-15-36(2)16-18-39/h3-6,19,24-25H,7-18,20H2,1-2H3,(H,35,42)(H2,32,33,34). The van der Waals surface area contributed by atoms with E-state index in [2.05, 4.69) is 32.2 Å². The number of likely N-dealkylation sites (N-methyl/N-ethyl adjacent to an activating group) is 1. The fraction of sp³-hybridized carbons (Fsp3) is 0.567. The Morgan fingerprint density at radius 2 is 1.60 bits per heavy atom. The normalized spacial score (nSPS) is 19.3. The molecule has 228 valence electrons. The van der Waals surface area contributed by atoms with E-state index < -0.39 is 0 Å². The van der Waals surface area contributed by atoms with E-state index in [1.54, 1.807) is 16.8 Å². The molecular weight excluding hydrogens is 545 g/mol. The average Bonchev–Trinajstić information content (AvgIpc) is 3.02. The number of anilines is 2. The van der Waals surface area contributed by atoms with Crippen LogP contribution in [0.2, 0.25) is 0 Å². The summed E-state index contributed by atoms with van der Waals surface area (Å²) in [7, 11) is 8.30. The van der Waals surface area contributed by atoms with E-state index in [1.807, 2.05) is 29.2 Å². The molecule has 3 N–H and O–H groups in total. The first kappa shape index (κ1) is 30.7. The van der Waals surface area contributed by atoms with Crippen molar-refractivity contribution in [1.29, 1.82) is 0 Å². The van der Waals surface area contributed by atoms with Gasteiger partial charge >= 0.3 is 0 Å². The van der Waals surface area contributed by atoms with Gasteiger partial charge in [-0.05, 0) is 69.0 Å². The highest BCUT2D eigenvalue weighted by atomic mass is 16.2. The number of nitrogens with two attached hydrogens (primary N) is 1. The summed E-state index contributed by atoms with van der Waals surface area (Å²) in [5.74, 6) is 0.564. The van der Waals surface area contributed by atoms with Crippen molar-refractivity contribution in [2.24, 2.45) is 5.92 Å². The first-order valence-electron chi connectivity index (χ1n) is 15.2. The molecule has 0 spiro atoms. The number of amides is 3. The zero-order valence-electron chi connectivity index (χ0n) is 25.2. The van der Waals surface area contributed by atoms with Crippen LogP contribution in [-0.2, 0) is 16.1 Å². The number of nitrogen functional groups attached to an aromatic ring is 1. The van der Waals surface area contributed by atoms with Gasteiger partial charge in [-0.3, -0.25) is 29.7 Å². The summed E-state index contributed by atoms with van der Waals surface area (Å²) in [4.78, 5) is 55.0. The van der Waals surface area contributed by atoms with Crippen LogP contribution in [0.3, 0.4) is 0 Å². The van der Waals surface area contributed by atoms with Crippen molar-refractivity contribution in [2.75, 3.05) is 70.1 Å². The van der Waals surface area contributed by atoms with Gasteiger partial charge in [0.2, 0.25) is 17.8 Å². The number of aromatic nitrogens is 2. The Bertz CT molecular complexity index is 1290. The van der Waals surface area contributed by atoms with Gasteiger partial charge in [0.1, 0.15) is 13.7 Å². The lowest BCUT2D eigenvalue weighted by atomic mass is 9.94. The average molecular weight is 588 g/mol. The zero-order valence-corrected chi connectivity index (χ0v) is 25.2. The molecule has 0 aliphatic carbocycles. The van der Waals surface area contributed by atoms with Crippen LogP contribution >= 0.6 is 0 Å². The maximum Gasteiger partial charge on any atom is 0.269 e. The van der Waals surface area contributed by atoms with Crippen LogP contribution in [-0.4, -0.2) is 121 Å². The van der Waals surface area contributed by atoms with E-state index in [0.717, 1.165) is 64.2 Å². The van der Waals surface area contributed by atoms with Gasteiger partial charge in [0.15, 0.2) is 0 Å². The molecule has 0 saturated carbocycles. The van der Waals surface area contributed by atoms with E-state index in [1.165, 1.54) is 6.20 Å². The van der Waals surface area contributed by atoms with Crippen molar-refractivity contribution in [3.05, 3.63) is 41.6 Å². The van der Waals surface area contributed by atoms with E-state index in [4.69, 9.17) is 13.6 Å². The second-order valence-corrected chi connectivity index (χ2v) is 11.9. The van der Waals surface area contributed by atoms with Gasteiger partial charge < -0.3 is 20.4 Å². The first-order chi connectivity index (χ1) is 20.7. The molecule has 5 rings (SSSR count). The van der Waals surface area contributed by atoms with Crippen LogP contribution in [0.15, 0.2) is 30.5 Å². The van der Waals surface area contributed by atoms with E-state index in [-0.39, 0.29) is 29.7 Å². The van der Waals surface area contributed by atoms with Gasteiger partial charge in [-0.15, -0.1) is 0 Å². The van der Waals surface area contributed by atoms with Crippen molar-refractivity contribution < 1.29 is 14.4 Å². The zero-order chi connectivity index (χ0) is 30.5. The van der Waals surface area contributed by atoms with E-state index in [9.17, 15) is 14.4 Å². The second kappa shape index (κ2) is 13.7. The SMILES string of the molecule is [B]c1cnc(N)nc1N(NC(=O)c1ccc(CN2CCC(C(=O)N3CCN(C)CC3)CC2)cc1)C1CCN(C(C)=O)CC1. The molecule has 0 atom stereocenters. The molecule has 12 nitrogen and oxygen atoms in total. The molecule has 4 heterocycles. The second-order valence-electron chi connectivity index (χ2n) is 11.9. The molecule has 1 aromatic carbocycles. The van der Waals surface area contributed by atoms with Crippen LogP contribution in [0.5, 0.6) is 0 Å². The lowest BCUT2D eigenvalue weighted by Crippen LogP contribution is -2.55. The summed E-state index contributed by atoms with van der Waals surface area (Å²) in [6, 6.07) is 7.47. The van der Waals surface area contributed by atoms with Gasteiger partial charge in [-0.25, -0.2) is 4.98 Å². The lowest BCUT2D eigenvalue weighted by molar-refractivity contribution is -0.138. The summed E-state index contributed by atoms with van der Waals surface area (Å²) < 4.78 is 0. The molecule has 2 aromatic rings. The van der Waals surface area contributed by atoms with Gasteiger partial charge in [0.05, 0.1) is 6.04 Å². The van der Waals surface area contributed by atoms with Crippen LogP contribution in [0.25, 0.3) is 0 Å². The monoisotopic (exact) mass is 587 g/mol. The van der Waals surface area contributed by atoms with Crippen molar-refractivity contribution in [3.8, 4) is 0 Å². The summed E-state index contributed by atoms with van der Waals surface area (Å²) in [6.07, 6.45) is 4.47. The third-order valence-corrected chi connectivity index (χ3v) is 8.91. The van der Waals surface area contributed by atoms with Gasteiger partial charge in [0, 0.05) is 70.4 Å². The Morgan fingerprint density at radius 3 is 2.23 bits per heavy atom. The molecule has 43 heavy (non-hydrogen) atoms. The number of rotatable bonds is 7. The van der Waals surface area contributed by atoms with Gasteiger partial charge in [0.25, 0.3) is 5.91 Å². The highest BCUT2D eigenvalue weighted by Gasteiger charge is 2.31. The van der Waals surface area contributed by atoms with E-state index in [0.29, 0.717) is 48.7 Å². The number of benzene rings is 1. The van der Waals surface area contributed by atoms with Crippen molar-refractivity contribution in [3.63, 3.8) is 0 Å². The maximum atomic E-state index is 13.4. The third kappa shape index (κ3) is 7.63. The maximum absolute atomic E-state index is 13.4. The summed E-state index contributed by atoms with van der Waals surface area (Å²) in [6.45, 7) is 8.78. The molecule has 2 radical (unpaired) electrons. The number of hydrogen-bond acceptors (Lipinski definition) is 9. The number of carbonyl (C=O) groups excluding carboxylic acids is 3. The Hall–Kier alpha value is -3.71. The Kier molecular flexibility index (Phi) is 9.81. The molecule has 3 saturated heterocycles. The largest absolute Gasteiger partial charge is 0.368 e. The van der Waals surface area contributed by atoms with Crippen LogP contribution in [0.4, 0.5) is 11.8 Å². The molecule has 3 aliphatic rings. The highest BCUT2D eigenvalue weighted by molar-refractivity contribution is 6.35. The summed E-state index contributed by atoms with van der Waals surface area (Å²) >= 11 is 0.